The molecule has 0 unspecified atom stereocenters. The van der Waals surface area contributed by atoms with Gasteiger partial charge in [0, 0.05) is 5.02 Å². The molecule has 3 aromatic carbocycles. The van der Waals surface area contributed by atoms with Gasteiger partial charge in [0.2, 0.25) is 0 Å². The fourth-order valence-corrected chi connectivity index (χ4v) is 4.61. The summed E-state index contributed by atoms with van der Waals surface area (Å²) in [6, 6.07) is 18.4. The molecule has 1 N–H and O–H groups in total. The molecule has 0 aliphatic heterocycles. The first-order valence-corrected chi connectivity index (χ1v) is 11.2. The van der Waals surface area contributed by atoms with E-state index in [2.05, 4.69) is 9.93 Å². The van der Waals surface area contributed by atoms with Crippen molar-refractivity contribution in [3.05, 3.63) is 93.5 Å². The van der Waals surface area contributed by atoms with E-state index in [4.69, 9.17) is 16.3 Å². The zero-order chi connectivity index (χ0) is 21.7. The molecule has 0 heterocycles. The fraction of sp³-hybridized carbons (Fsp3) is 0.174. The Morgan fingerprint density at radius 1 is 1.00 bits per heavy atom. The molecule has 0 bridgehead atoms. The van der Waals surface area contributed by atoms with Gasteiger partial charge in [-0.3, -0.25) is 0 Å². The monoisotopic (exact) mass is 442 g/mol. The summed E-state index contributed by atoms with van der Waals surface area (Å²) in [5.74, 6) is 0.655. The van der Waals surface area contributed by atoms with Gasteiger partial charge in [0.25, 0.3) is 10.0 Å². The van der Waals surface area contributed by atoms with Crippen molar-refractivity contribution in [2.45, 2.75) is 32.3 Å². The Balaban J connectivity index is 1.68. The third-order valence-electron chi connectivity index (χ3n) is 4.44. The van der Waals surface area contributed by atoms with Crippen molar-refractivity contribution in [1.82, 2.24) is 4.83 Å². The number of hydrogen-bond donors (Lipinski definition) is 1. The van der Waals surface area contributed by atoms with Crippen LogP contribution in [0.4, 0.5) is 0 Å². The van der Waals surface area contributed by atoms with Gasteiger partial charge in [-0.25, -0.2) is 4.83 Å². The van der Waals surface area contributed by atoms with Crippen LogP contribution in [0.3, 0.4) is 0 Å². The molecule has 156 valence electrons. The van der Waals surface area contributed by atoms with Gasteiger partial charge in [0.1, 0.15) is 12.4 Å². The molecule has 0 saturated heterocycles. The number of nitrogens with zero attached hydrogens (tertiary/aromatic N) is 1. The molecule has 5 nitrogen and oxygen atoms in total. The minimum Gasteiger partial charge on any atom is -0.489 e. The van der Waals surface area contributed by atoms with Crippen LogP contribution in [-0.2, 0) is 16.6 Å². The minimum absolute atomic E-state index is 0.255. The third kappa shape index (κ3) is 5.62. The summed E-state index contributed by atoms with van der Waals surface area (Å²) >= 11 is 5.89. The topological polar surface area (TPSA) is 67.8 Å². The first-order chi connectivity index (χ1) is 14.2. The van der Waals surface area contributed by atoms with Gasteiger partial charge < -0.3 is 4.74 Å². The largest absolute Gasteiger partial charge is 0.489 e. The molecule has 0 aliphatic rings. The average Bonchev–Trinajstić information content (AvgIpc) is 2.66. The number of ether oxygens (including phenoxy) is 1. The quantitative estimate of drug-likeness (QED) is 0.406. The smallest absolute Gasteiger partial charge is 0.277 e. The predicted molar refractivity (Wildman–Crippen MR) is 121 cm³/mol. The number of hydrazone groups is 1. The molecule has 3 aromatic rings. The Bertz CT molecular complexity index is 1150. The molecule has 0 spiro atoms. The summed E-state index contributed by atoms with van der Waals surface area (Å²) in [5, 5.41) is 4.61. The van der Waals surface area contributed by atoms with Crippen LogP contribution >= 0.6 is 11.6 Å². The van der Waals surface area contributed by atoms with Crippen molar-refractivity contribution in [1.29, 1.82) is 0 Å². The zero-order valence-electron chi connectivity index (χ0n) is 17.0. The Labute approximate surface area is 182 Å². The molecule has 0 atom stereocenters. The number of rotatable bonds is 7. The van der Waals surface area contributed by atoms with E-state index in [1.165, 1.54) is 6.21 Å². The molecule has 0 radical (unpaired) electrons. The highest BCUT2D eigenvalue weighted by Crippen LogP contribution is 2.21. The van der Waals surface area contributed by atoms with Crippen LogP contribution in [-0.4, -0.2) is 14.6 Å². The second-order valence-electron chi connectivity index (χ2n) is 7.07. The molecule has 0 amide bonds. The number of sulfonamides is 1. The summed E-state index contributed by atoms with van der Waals surface area (Å²) in [4.78, 5) is 2.55. The van der Waals surface area contributed by atoms with Crippen LogP contribution in [0.5, 0.6) is 5.75 Å². The van der Waals surface area contributed by atoms with Crippen molar-refractivity contribution in [2.24, 2.45) is 5.10 Å². The Morgan fingerprint density at radius 3 is 2.33 bits per heavy atom. The lowest BCUT2D eigenvalue weighted by molar-refractivity contribution is 0.306. The average molecular weight is 443 g/mol. The second-order valence-corrected chi connectivity index (χ2v) is 9.10. The highest BCUT2D eigenvalue weighted by Gasteiger charge is 2.19. The van der Waals surface area contributed by atoms with Gasteiger partial charge in [0.05, 0.1) is 11.1 Å². The van der Waals surface area contributed by atoms with E-state index in [9.17, 15) is 8.42 Å². The van der Waals surface area contributed by atoms with E-state index < -0.39 is 10.0 Å². The van der Waals surface area contributed by atoms with E-state index in [0.717, 1.165) is 11.1 Å². The van der Waals surface area contributed by atoms with Crippen LogP contribution in [0, 0.1) is 20.8 Å². The van der Waals surface area contributed by atoms with Gasteiger partial charge >= 0.3 is 0 Å². The zero-order valence-corrected chi connectivity index (χ0v) is 18.6. The highest BCUT2D eigenvalue weighted by molar-refractivity contribution is 7.89. The maximum absolute atomic E-state index is 12.7. The van der Waals surface area contributed by atoms with Gasteiger partial charge in [-0.2, -0.15) is 13.5 Å². The summed E-state index contributed by atoms with van der Waals surface area (Å²) in [6.07, 6.45) is 1.45. The number of nitrogens with one attached hydrogen (secondary N) is 1. The lowest BCUT2D eigenvalue weighted by atomic mass is 10.1. The van der Waals surface area contributed by atoms with Crippen LogP contribution in [0.1, 0.15) is 27.8 Å². The highest BCUT2D eigenvalue weighted by atomic mass is 35.5. The fourth-order valence-electron chi connectivity index (χ4n) is 3.24. The maximum atomic E-state index is 12.7. The van der Waals surface area contributed by atoms with Gasteiger partial charge in [0.15, 0.2) is 0 Å². The lowest BCUT2D eigenvalue weighted by Crippen LogP contribution is -2.20. The normalized spacial score (nSPS) is 11.6. The molecule has 0 saturated carbocycles. The van der Waals surface area contributed by atoms with Crippen molar-refractivity contribution in [2.75, 3.05) is 0 Å². The lowest BCUT2D eigenvalue weighted by Gasteiger charge is -2.11. The van der Waals surface area contributed by atoms with Crippen LogP contribution < -0.4 is 9.57 Å². The molecule has 0 aliphatic carbocycles. The first-order valence-electron chi connectivity index (χ1n) is 9.34. The van der Waals surface area contributed by atoms with E-state index in [1.807, 2.05) is 61.5 Å². The van der Waals surface area contributed by atoms with Gasteiger partial charge in [-0.15, -0.1) is 0 Å². The second kappa shape index (κ2) is 9.32. The standard InChI is InChI=1S/C23H23ClN2O3S/c1-16-11-17(2)23(18(3)12-16)30(27,28)26-25-14-20-5-4-6-22(13-20)29-15-19-7-9-21(24)10-8-19/h4-14,26H,15H2,1-3H3/b25-14+. The molecule has 30 heavy (non-hydrogen) atoms. The number of hydrogen-bond acceptors (Lipinski definition) is 4. The Kier molecular flexibility index (Phi) is 6.80. The summed E-state index contributed by atoms with van der Waals surface area (Å²) in [6.45, 7) is 5.89. The van der Waals surface area contributed by atoms with Crippen molar-refractivity contribution in [3.63, 3.8) is 0 Å². The molecular weight excluding hydrogens is 420 g/mol. The minimum atomic E-state index is -3.76. The summed E-state index contributed by atoms with van der Waals surface area (Å²) in [5.41, 5.74) is 4.10. The first kappa shape index (κ1) is 21.9. The molecule has 0 fully saturated rings. The molecule has 3 rings (SSSR count). The van der Waals surface area contributed by atoms with Crippen molar-refractivity contribution >= 4 is 27.8 Å². The summed E-state index contributed by atoms with van der Waals surface area (Å²) in [7, 11) is -3.76. The van der Waals surface area contributed by atoms with E-state index in [1.54, 1.807) is 19.9 Å². The predicted octanol–water partition coefficient (Wildman–Crippen LogP) is 5.16. The van der Waals surface area contributed by atoms with Gasteiger partial charge in [-0.1, -0.05) is 53.6 Å². The summed E-state index contributed by atoms with van der Waals surface area (Å²) < 4.78 is 31.1. The van der Waals surface area contributed by atoms with Crippen LogP contribution in [0.25, 0.3) is 0 Å². The molecule has 7 heteroatoms. The van der Waals surface area contributed by atoms with E-state index in [0.29, 0.717) is 34.1 Å². The maximum Gasteiger partial charge on any atom is 0.277 e. The number of halogens is 1. The van der Waals surface area contributed by atoms with Crippen molar-refractivity contribution in [3.8, 4) is 5.75 Å². The van der Waals surface area contributed by atoms with E-state index >= 15 is 0 Å². The third-order valence-corrected chi connectivity index (χ3v) is 6.22. The van der Waals surface area contributed by atoms with E-state index in [-0.39, 0.29) is 4.90 Å². The molecular formula is C23H23ClN2O3S. The van der Waals surface area contributed by atoms with Gasteiger partial charge in [-0.05, 0) is 67.3 Å². The number of aryl methyl sites for hydroxylation is 3. The van der Waals surface area contributed by atoms with Crippen LogP contribution in [0.15, 0.2) is 70.7 Å². The van der Waals surface area contributed by atoms with Crippen molar-refractivity contribution < 1.29 is 13.2 Å². The Morgan fingerprint density at radius 2 is 1.67 bits per heavy atom. The molecule has 0 aromatic heterocycles. The Hall–Kier alpha value is -2.83. The number of benzene rings is 3. The van der Waals surface area contributed by atoms with Crippen LogP contribution in [0.2, 0.25) is 5.02 Å². The SMILES string of the molecule is Cc1cc(C)c(S(=O)(=O)N/N=C/c2cccc(OCc3ccc(Cl)cc3)c2)c(C)c1.